The van der Waals surface area contributed by atoms with Crippen molar-refractivity contribution in [3.63, 3.8) is 0 Å². The van der Waals surface area contributed by atoms with Crippen molar-refractivity contribution in [2.45, 2.75) is 12.5 Å². The number of anilines is 3. The topological polar surface area (TPSA) is 106 Å². The molecule has 0 spiro atoms. The minimum atomic E-state index is -2.62. The Bertz CT molecular complexity index is 1260. The lowest BCUT2D eigenvalue weighted by atomic mass is 10.1. The first kappa shape index (κ1) is 19.0. The van der Waals surface area contributed by atoms with Gasteiger partial charge in [-0.25, -0.2) is 13.3 Å². The van der Waals surface area contributed by atoms with Crippen LogP contribution in [0.2, 0.25) is 0 Å². The molecule has 1 aromatic carbocycles. The number of amides is 1. The summed E-state index contributed by atoms with van der Waals surface area (Å²) in [5.74, 6) is -2.68. The van der Waals surface area contributed by atoms with Gasteiger partial charge in [0.15, 0.2) is 5.65 Å². The molecule has 0 bridgehead atoms. The molecule has 4 aromatic rings. The Morgan fingerprint density at radius 2 is 1.94 bits per heavy atom. The largest absolute Gasteiger partial charge is 0.366 e. The Morgan fingerprint density at radius 3 is 2.68 bits per heavy atom. The third-order valence-corrected chi connectivity index (χ3v) is 4.99. The molecule has 1 fully saturated rings. The number of nitrogens with zero attached hydrogens (tertiary/aromatic N) is 6. The molecule has 0 radical (unpaired) electrons. The number of alkyl halides is 2. The van der Waals surface area contributed by atoms with Crippen molar-refractivity contribution in [1.29, 1.82) is 0 Å². The van der Waals surface area contributed by atoms with Crippen LogP contribution < -0.4 is 16.0 Å². The van der Waals surface area contributed by atoms with Crippen LogP contribution in [0.4, 0.5) is 26.1 Å². The predicted octanol–water partition coefficient (Wildman–Crippen LogP) is 2.27. The minimum Gasteiger partial charge on any atom is -0.366 e. The van der Waals surface area contributed by atoms with Gasteiger partial charge in [0.05, 0.1) is 19.3 Å². The molecule has 0 aliphatic carbocycles. The summed E-state index contributed by atoms with van der Waals surface area (Å²) < 4.78 is 29.1. The maximum atomic E-state index is 13.0. The molecule has 3 N–H and O–H groups in total. The zero-order valence-electron chi connectivity index (χ0n) is 16.2. The summed E-state index contributed by atoms with van der Waals surface area (Å²) in [5.41, 5.74) is 9.21. The molecule has 1 saturated heterocycles. The first-order valence-corrected chi connectivity index (χ1v) is 9.52. The monoisotopic (exact) mass is 424 g/mol. The molecule has 11 heteroatoms. The zero-order chi connectivity index (χ0) is 21.6. The number of hydrogen-bond acceptors (Lipinski definition) is 6. The van der Waals surface area contributed by atoms with Gasteiger partial charge in [0, 0.05) is 29.3 Å². The Kier molecular flexibility index (Phi) is 4.31. The Balaban J connectivity index is 1.21. The molecule has 9 nitrogen and oxygen atoms in total. The van der Waals surface area contributed by atoms with E-state index in [2.05, 4.69) is 20.5 Å². The van der Waals surface area contributed by atoms with Crippen LogP contribution in [-0.4, -0.2) is 49.3 Å². The standard InChI is InChI=1S/C20H18F2N8O/c21-20(22)11-28(12-20)16-3-1-15(2-4-16)25-18(31)10-29-9-14(8-24-29)13-5-6-30-17(7-13)26-19(23)27-30/h1-9H,10-12H2,(H2,23,27)(H,25,31). The van der Waals surface area contributed by atoms with Crippen LogP contribution in [0.1, 0.15) is 0 Å². The summed E-state index contributed by atoms with van der Waals surface area (Å²) in [4.78, 5) is 18.1. The highest BCUT2D eigenvalue weighted by Crippen LogP contribution is 2.32. The molecule has 0 unspecified atom stereocenters. The van der Waals surface area contributed by atoms with Gasteiger partial charge in [-0.2, -0.15) is 10.1 Å². The van der Waals surface area contributed by atoms with Crippen LogP contribution >= 0.6 is 0 Å². The molecule has 4 heterocycles. The van der Waals surface area contributed by atoms with E-state index in [0.29, 0.717) is 17.0 Å². The van der Waals surface area contributed by atoms with Crippen LogP contribution in [0, 0.1) is 0 Å². The first-order valence-electron chi connectivity index (χ1n) is 9.52. The highest BCUT2D eigenvalue weighted by Gasteiger charge is 2.43. The molecule has 1 aliphatic heterocycles. The van der Waals surface area contributed by atoms with E-state index in [0.717, 1.165) is 11.1 Å². The Hall–Kier alpha value is -4.02. The molecular weight excluding hydrogens is 406 g/mol. The average molecular weight is 424 g/mol. The van der Waals surface area contributed by atoms with Crippen molar-refractivity contribution in [3.8, 4) is 11.1 Å². The summed E-state index contributed by atoms with van der Waals surface area (Å²) in [6, 6.07) is 10.5. The third-order valence-electron chi connectivity index (χ3n) is 4.99. The first-order chi connectivity index (χ1) is 14.8. The van der Waals surface area contributed by atoms with Crippen LogP contribution in [0.25, 0.3) is 16.8 Å². The summed E-state index contributed by atoms with van der Waals surface area (Å²) in [7, 11) is 0. The van der Waals surface area contributed by atoms with Gasteiger partial charge in [0.25, 0.3) is 5.92 Å². The normalized spacial score (nSPS) is 15.1. The number of halogens is 2. The number of carbonyl (C=O) groups excluding carboxylic acids is 1. The van der Waals surface area contributed by atoms with E-state index in [4.69, 9.17) is 5.73 Å². The Morgan fingerprint density at radius 1 is 1.16 bits per heavy atom. The fourth-order valence-corrected chi connectivity index (χ4v) is 3.48. The molecule has 1 amide bonds. The number of hydrogen-bond donors (Lipinski definition) is 2. The second-order valence-electron chi connectivity index (χ2n) is 7.42. The van der Waals surface area contributed by atoms with E-state index in [-0.39, 0.29) is 31.5 Å². The SMILES string of the molecule is Nc1nc2cc(-c3cnn(CC(=O)Nc4ccc(N5CC(F)(F)C5)cc4)c3)ccn2n1. The number of rotatable bonds is 5. The second kappa shape index (κ2) is 7.04. The van der Waals surface area contributed by atoms with Crippen molar-refractivity contribution >= 4 is 28.9 Å². The third kappa shape index (κ3) is 3.89. The van der Waals surface area contributed by atoms with E-state index in [9.17, 15) is 13.6 Å². The average Bonchev–Trinajstić information content (AvgIpc) is 3.31. The van der Waals surface area contributed by atoms with E-state index in [1.807, 2.05) is 12.1 Å². The molecule has 3 aromatic heterocycles. The number of pyridine rings is 1. The predicted molar refractivity (Wildman–Crippen MR) is 111 cm³/mol. The number of nitrogens with one attached hydrogen (secondary N) is 1. The van der Waals surface area contributed by atoms with Gasteiger partial charge in [-0.3, -0.25) is 9.48 Å². The van der Waals surface area contributed by atoms with Crippen molar-refractivity contribution < 1.29 is 13.6 Å². The van der Waals surface area contributed by atoms with Gasteiger partial charge in [0.2, 0.25) is 11.9 Å². The Labute approximate surface area is 175 Å². The number of benzene rings is 1. The van der Waals surface area contributed by atoms with E-state index >= 15 is 0 Å². The van der Waals surface area contributed by atoms with Crippen LogP contribution in [0.5, 0.6) is 0 Å². The number of carbonyl (C=O) groups is 1. The lowest BCUT2D eigenvalue weighted by Crippen LogP contribution is -2.56. The summed E-state index contributed by atoms with van der Waals surface area (Å²) >= 11 is 0. The smallest absolute Gasteiger partial charge is 0.282 e. The molecule has 158 valence electrons. The van der Waals surface area contributed by atoms with Crippen LogP contribution in [-0.2, 0) is 11.3 Å². The van der Waals surface area contributed by atoms with Crippen LogP contribution in [0.15, 0.2) is 55.0 Å². The highest BCUT2D eigenvalue weighted by atomic mass is 19.3. The van der Waals surface area contributed by atoms with E-state index < -0.39 is 5.92 Å². The van der Waals surface area contributed by atoms with Gasteiger partial charge in [-0.15, -0.1) is 5.10 Å². The lowest BCUT2D eigenvalue weighted by molar-refractivity contribution is -0.116. The number of nitrogen functional groups attached to an aromatic ring is 1. The van der Waals surface area contributed by atoms with Crippen molar-refractivity contribution in [2.24, 2.45) is 0 Å². The van der Waals surface area contributed by atoms with Gasteiger partial charge in [0.1, 0.15) is 6.54 Å². The van der Waals surface area contributed by atoms with Crippen molar-refractivity contribution in [2.75, 3.05) is 29.0 Å². The maximum Gasteiger partial charge on any atom is 0.282 e. The molecule has 5 rings (SSSR count). The lowest BCUT2D eigenvalue weighted by Gasteiger charge is -2.40. The molecule has 31 heavy (non-hydrogen) atoms. The fourth-order valence-electron chi connectivity index (χ4n) is 3.48. The maximum absolute atomic E-state index is 13.0. The van der Waals surface area contributed by atoms with Crippen molar-refractivity contribution in [3.05, 3.63) is 55.0 Å². The minimum absolute atomic E-state index is 0.0280. The fraction of sp³-hybridized carbons (Fsp3) is 0.200. The van der Waals surface area contributed by atoms with Gasteiger partial charge >= 0.3 is 0 Å². The number of aromatic nitrogens is 5. The van der Waals surface area contributed by atoms with E-state index in [1.54, 1.807) is 52.3 Å². The molecule has 1 aliphatic rings. The molecular formula is C20H18F2N8O. The second-order valence-corrected chi connectivity index (χ2v) is 7.42. The van der Waals surface area contributed by atoms with Crippen LogP contribution in [0.3, 0.4) is 0 Å². The summed E-state index contributed by atoms with van der Waals surface area (Å²) in [6.45, 7) is -0.532. The number of nitrogens with two attached hydrogens (primary N) is 1. The van der Waals surface area contributed by atoms with E-state index in [1.165, 1.54) is 4.68 Å². The number of fused-ring (bicyclic) bond motifs is 1. The van der Waals surface area contributed by atoms with Gasteiger partial charge in [-0.1, -0.05) is 0 Å². The van der Waals surface area contributed by atoms with Crippen molar-refractivity contribution in [1.82, 2.24) is 24.4 Å². The quantitative estimate of drug-likeness (QED) is 0.509. The zero-order valence-corrected chi connectivity index (χ0v) is 16.2. The summed E-state index contributed by atoms with van der Waals surface area (Å²) in [6.07, 6.45) is 5.18. The van der Waals surface area contributed by atoms with Gasteiger partial charge < -0.3 is 16.0 Å². The summed E-state index contributed by atoms with van der Waals surface area (Å²) in [5, 5.41) is 11.1. The molecule has 0 atom stereocenters. The van der Waals surface area contributed by atoms with Gasteiger partial charge in [-0.05, 0) is 42.0 Å². The highest BCUT2D eigenvalue weighted by molar-refractivity contribution is 5.90. The molecule has 0 saturated carbocycles.